The Kier molecular flexibility index (Phi) is 3.09. The fraction of sp³-hybridized carbons (Fsp3) is 0. The third-order valence-electron chi connectivity index (χ3n) is 2.85. The molecule has 94 valence electrons. The van der Waals surface area contributed by atoms with E-state index in [-0.39, 0.29) is 0 Å². The number of fused-ring (bicyclic) bond motifs is 1. The second kappa shape index (κ2) is 4.90. The fourth-order valence-electron chi connectivity index (χ4n) is 1.96. The molecule has 3 nitrogen and oxygen atoms in total. The van der Waals surface area contributed by atoms with Crippen LogP contribution in [-0.2, 0) is 0 Å². The molecule has 0 bridgehead atoms. The van der Waals surface area contributed by atoms with Crippen LogP contribution in [0.2, 0.25) is 0 Å². The van der Waals surface area contributed by atoms with Gasteiger partial charge in [0.05, 0.1) is 0 Å². The predicted octanol–water partition coefficient (Wildman–Crippen LogP) is 4.32. The van der Waals surface area contributed by atoms with Crippen LogP contribution < -0.4 is 11.1 Å². The number of nitrogens with one attached hydrogen (secondary N) is 1. The lowest BCUT2D eigenvalue weighted by molar-refractivity contribution is 1.32. The Morgan fingerprint density at radius 1 is 0.947 bits per heavy atom. The van der Waals surface area contributed by atoms with Gasteiger partial charge in [0.15, 0.2) is 0 Å². The molecule has 0 spiro atoms. The maximum atomic E-state index is 5.66. The van der Waals surface area contributed by atoms with Crippen molar-refractivity contribution in [2.45, 2.75) is 0 Å². The second-order valence-electron chi connectivity index (χ2n) is 4.28. The van der Waals surface area contributed by atoms with Crippen LogP contribution in [0.15, 0.2) is 59.1 Å². The highest BCUT2D eigenvalue weighted by molar-refractivity contribution is 9.10. The fourth-order valence-corrected chi connectivity index (χ4v) is 2.34. The van der Waals surface area contributed by atoms with E-state index in [1.54, 1.807) is 6.07 Å². The molecular formula is C15H12BrN3. The number of hydrogen-bond acceptors (Lipinski definition) is 3. The van der Waals surface area contributed by atoms with Crippen molar-refractivity contribution in [1.29, 1.82) is 0 Å². The van der Waals surface area contributed by atoms with Crippen LogP contribution in [-0.4, -0.2) is 4.98 Å². The quantitative estimate of drug-likeness (QED) is 0.740. The number of halogens is 1. The van der Waals surface area contributed by atoms with Crippen LogP contribution in [0.3, 0.4) is 0 Å². The van der Waals surface area contributed by atoms with Gasteiger partial charge in [-0.05, 0) is 47.2 Å². The summed E-state index contributed by atoms with van der Waals surface area (Å²) in [4.78, 5) is 4.22. The lowest BCUT2D eigenvalue weighted by Crippen LogP contribution is -1.96. The summed E-state index contributed by atoms with van der Waals surface area (Å²) >= 11 is 3.47. The summed E-state index contributed by atoms with van der Waals surface area (Å²) in [6.45, 7) is 0. The average molecular weight is 314 g/mol. The summed E-state index contributed by atoms with van der Waals surface area (Å²) in [6.07, 6.45) is 0. The zero-order valence-electron chi connectivity index (χ0n) is 10.1. The van der Waals surface area contributed by atoms with E-state index in [1.165, 1.54) is 10.8 Å². The van der Waals surface area contributed by atoms with Crippen LogP contribution in [0, 0.1) is 0 Å². The normalized spacial score (nSPS) is 10.6. The van der Waals surface area contributed by atoms with E-state index in [2.05, 4.69) is 50.5 Å². The first-order valence-corrected chi connectivity index (χ1v) is 6.69. The van der Waals surface area contributed by atoms with Crippen molar-refractivity contribution in [2.75, 3.05) is 11.1 Å². The molecule has 0 amide bonds. The Labute approximate surface area is 119 Å². The largest absolute Gasteiger partial charge is 0.384 e. The zero-order valence-corrected chi connectivity index (χ0v) is 11.7. The molecular weight excluding hydrogens is 302 g/mol. The molecule has 4 heteroatoms. The Morgan fingerprint density at radius 2 is 1.74 bits per heavy atom. The van der Waals surface area contributed by atoms with Crippen molar-refractivity contribution in [3.8, 4) is 0 Å². The molecule has 19 heavy (non-hydrogen) atoms. The molecule has 0 aliphatic carbocycles. The maximum absolute atomic E-state index is 5.66. The Hall–Kier alpha value is -2.07. The molecule has 0 unspecified atom stereocenters. The molecule has 3 N–H and O–H groups in total. The minimum atomic E-state index is 0.509. The van der Waals surface area contributed by atoms with E-state index in [9.17, 15) is 0 Å². The van der Waals surface area contributed by atoms with Gasteiger partial charge in [0.1, 0.15) is 11.6 Å². The van der Waals surface area contributed by atoms with Gasteiger partial charge < -0.3 is 11.1 Å². The number of nitrogens with two attached hydrogens (primary N) is 1. The van der Waals surface area contributed by atoms with Crippen LogP contribution in [0.4, 0.5) is 17.3 Å². The summed E-state index contributed by atoms with van der Waals surface area (Å²) in [5.74, 6) is 1.26. The molecule has 1 aromatic heterocycles. The minimum absolute atomic E-state index is 0.509. The summed E-state index contributed by atoms with van der Waals surface area (Å²) in [5.41, 5.74) is 6.66. The number of rotatable bonds is 2. The van der Waals surface area contributed by atoms with E-state index in [0.717, 1.165) is 16.0 Å². The van der Waals surface area contributed by atoms with Gasteiger partial charge in [-0.3, -0.25) is 0 Å². The molecule has 3 rings (SSSR count). The number of aromatic nitrogens is 1. The first-order chi connectivity index (χ1) is 9.20. The number of nitrogens with zero attached hydrogens (tertiary/aromatic N) is 1. The van der Waals surface area contributed by atoms with Crippen molar-refractivity contribution in [1.82, 2.24) is 4.98 Å². The van der Waals surface area contributed by atoms with Crippen LogP contribution in [0.25, 0.3) is 10.8 Å². The zero-order chi connectivity index (χ0) is 13.2. The van der Waals surface area contributed by atoms with Gasteiger partial charge in [0, 0.05) is 10.2 Å². The number of anilines is 3. The van der Waals surface area contributed by atoms with E-state index in [4.69, 9.17) is 5.73 Å². The number of pyridine rings is 1. The Morgan fingerprint density at radius 3 is 2.58 bits per heavy atom. The highest BCUT2D eigenvalue weighted by Crippen LogP contribution is 2.24. The van der Waals surface area contributed by atoms with Crippen LogP contribution in [0.1, 0.15) is 0 Å². The van der Waals surface area contributed by atoms with Crippen LogP contribution in [0.5, 0.6) is 0 Å². The van der Waals surface area contributed by atoms with E-state index < -0.39 is 0 Å². The smallest absolute Gasteiger partial charge is 0.132 e. The van der Waals surface area contributed by atoms with E-state index >= 15 is 0 Å². The Bertz CT molecular complexity index is 740. The highest BCUT2D eigenvalue weighted by atomic mass is 79.9. The molecule has 3 aromatic rings. The van der Waals surface area contributed by atoms with Crippen molar-refractivity contribution in [3.05, 3.63) is 59.1 Å². The molecule has 1 heterocycles. The van der Waals surface area contributed by atoms with Crippen molar-refractivity contribution in [3.63, 3.8) is 0 Å². The van der Waals surface area contributed by atoms with E-state index in [1.807, 2.05) is 24.3 Å². The highest BCUT2D eigenvalue weighted by Gasteiger charge is 1.99. The van der Waals surface area contributed by atoms with Gasteiger partial charge in [-0.2, -0.15) is 0 Å². The maximum Gasteiger partial charge on any atom is 0.132 e. The van der Waals surface area contributed by atoms with E-state index in [0.29, 0.717) is 5.82 Å². The first-order valence-electron chi connectivity index (χ1n) is 5.89. The van der Waals surface area contributed by atoms with Gasteiger partial charge in [0.2, 0.25) is 0 Å². The third-order valence-corrected chi connectivity index (χ3v) is 3.34. The Balaban J connectivity index is 1.95. The summed E-state index contributed by atoms with van der Waals surface area (Å²) in [7, 11) is 0. The SMILES string of the molecule is Nc1cccc(Nc2ccc3cc(Br)ccc3c2)n1. The average Bonchev–Trinajstić information content (AvgIpc) is 2.39. The van der Waals surface area contributed by atoms with Gasteiger partial charge in [-0.25, -0.2) is 4.98 Å². The predicted molar refractivity (Wildman–Crippen MR) is 83.6 cm³/mol. The number of hydrogen-bond donors (Lipinski definition) is 2. The summed E-state index contributed by atoms with van der Waals surface area (Å²) in [5, 5.41) is 5.62. The molecule has 0 fully saturated rings. The standard InChI is InChI=1S/C15H12BrN3/c16-12-6-4-11-9-13(7-5-10(11)8-12)18-15-3-1-2-14(17)19-15/h1-9H,(H3,17,18,19). The van der Waals surface area contributed by atoms with Crippen molar-refractivity contribution >= 4 is 44.0 Å². The van der Waals surface area contributed by atoms with Crippen molar-refractivity contribution in [2.24, 2.45) is 0 Å². The van der Waals surface area contributed by atoms with Crippen molar-refractivity contribution < 1.29 is 0 Å². The first kappa shape index (κ1) is 12.0. The second-order valence-corrected chi connectivity index (χ2v) is 5.19. The third kappa shape index (κ3) is 2.69. The lowest BCUT2D eigenvalue weighted by atomic mass is 10.1. The molecule has 0 aliphatic heterocycles. The summed E-state index contributed by atoms with van der Waals surface area (Å²) in [6, 6.07) is 17.9. The minimum Gasteiger partial charge on any atom is -0.384 e. The summed E-state index contributed by atoms with van der Waals surface area (Å²) < 4.78 is 1.08. The topological polar surface area (TPSA) is 50.9 Å². The van der Waals surface area contributed by atoms with Gasteiger partial charge in [-0.1, -0.05) is 34.1 Å². The molecule has 0 radical (unpaired) electrons. The van der Waals surface area contributed by atoms with Crippen LogP contribution >= 0.6 is 15.9 Å². The number of benzene rings is 2. The number of nitrogen functional groups attached to an aromatic ring is 1. The molecule has 0 atom stereocenters. The van der Waals surface area contributed by atoms with Gasteiger partial charge >= 0.3 is 0 Å². The van der Waals surface area contributed by atoms with Gasteiger partial charge in [-0.15, -0.1) is 0 Å². The van der Waals surface area contributed by atoms with Gasteiger partial charge in [0.25, 0.3) is 0 Å². The molecule has 2 aromatic carbocycles. The monoisotopic (exact) mass is 313 g/mol. The lowest BCUT2D eigenvalue weighted by Gasteiger charge is -2.07. The molecule has 0 saturated heterocycles. The molecule has 0 aliphatic rings. The molecule has 0 saturated carbocycles.